The van der Waals surface area contributed by atoms with Crippen LogP contribution in [0.1, 0.15) is 18.0 Å². The molecule has 0 aliphatic carbocycles. The maximum atomic E-state index is 12.1. The van der Waals surface area contributed by atoms with Crippen LogP contribution in [0.5, 0.6) is 11.5 Å². The van der Waals surface area contributed by atoms with Crippen LogP contribution in [0.15, 0.2) is 18.2 Å². The van der Waals surface area contributed by atoms with Crippen molar-refractivity contribution in [2.24, 2.45) is 5.92 Å². The molecular formula is C15H18N2O4. The molecule has 1 aromatic rings. The van der Waals surface area contributed by atoms with Crippen molar-refractivity contribution >= 4 is 5.91 Å². The van der Waals surface area contributed by atoms with Crippen molar-refractivity contribution in [1.29, 1.82) is 5.26 Å². The van der Waals surface area contributed by atoms with E-state index in [9.17, 15) is 10.1 Å². The molecule has 112 valence electrons. The molecular weight excluding hydrogens is 272 g/mol. The second-order valence-electron chi connectivity index (χ2n) is 4.74. The number of rotatable bonds is 5. The Kier molecular flexibility index (Phi) is 5.01. The van der Waals surface area contributed by atoms with Crippen LogP contribution in [0, 0.1) is 17.2 Å². The number of methoxy groups -OCH3 is 2. The summed E-state index contributed by atoms with van der Waals surface area (Å²) in [5.41, 5.74) is 0.605. The molecule has 0 saturated carbocycles. The summed E-state index contributed by atoms with van der Waals surface area (Å²) in [5.74, 6) is 0.772. The van der Waals surface area contributed by atoms with Crippen molar-refractivity contribution in [3.63, 3.8) is 0 Å². The number of hydrogen-bond acceptors (Lipinski definition) is 5. The summed E-state index contributed by atoms with van der Waals surface area (Å²) in [4.78, 5) is 12.1. The molecule has 1 amide bonds. The number of ether oxygens (including phenoxy) is 3. The molecule has 2 rings (SSSR count). The first kappa shape index (κ1) is 15.1. The van der Waals surface area contributed by atoms with E-state index in [-0.39, 0.29) is 11.8 Å². The highest BCUT2D eigenvalue weighted by molar-refractivity contribution is 5.80. The van der Waals surface area contributed by atoms with Gasteiger partial charge in [-0.1, -0.05) is 0 Å². The molecule has 0 unspecified atom stereocenters. The first-order valence-corrected chi connectivity index (χ1v) is 6.69. The third-order valence-electron chi connectivity index (χ3n) is 3.47. The van der Waals surface area contributed by atoms with Crippen molar-refractivity contribution in [3.05, 3.63) is 23.8 Å². The molecule has 6 heteroatoms. The first-order chi connectivity index (χ1) is 10.2. The lowest BCUT2D eigenvalue weighted by atomic mass is 10.0. The van der Waals surface area contributed by atoms with Crippen LogP contribution in [0.2, 0.25) is 0 Å². The monoisotopic (exact) mass is 290 g/mol. The Morgan fingerprint density at radius 1 is 1.48 bits per heavy atom. The number of carbonyl (C=O) groups is 1. The maximum absolute atomic E-state index is 12.1. The van der Waals surface area contributed by atoms with Gasteiger partial charge in [0.2, 0.25) is 5.91 Å². The molecule has 1 aliphatic rings. The Hall–Kier alpha value is -2.26. The van der Waals surface area contributed by atoms with Gasteiger partial charge < -0.3 is 19.5 Å². The smallest absolute Gasteiger partial charge is 0.226 e. The topological polar surface area (TPSA) is 80.6 Å². The van der Waals surface area contributed by atoms with Crippen molar-refractivity contribution in [3.8, 4) is 17.6 Å². The number of carbonyl (C=O) groups excluding carboxylic acids is 1. The van der Waals surface area contributed by atoms with Gasteiger partial charge in [0.05, 0.1) is 32.8 Å². The summed E-state index contributed by atoms with van der Waals surface area (Å²) < 4.78 is 15.6. The average molecular weight is 290 g/mol. The molecule has 1 N–H and O–H groups in total. The predicted molar refractivity (Wildman–Crippen MR) is 75.0 cm³/mol. The third-order valence-corrected chi connectivity index (χ3v) is 3.47. The first-order valence-electron chi connectivity index (χ1n) is 6.69. The van der Waals surface area contributed by atoms with Crippen LogP contribution in [0.3, 0.4) is 0 Å². The van der Waals surface area contributed by atoms with Gasteiger partial charge in [-0.15, -0.1) is 0 Å². The highest BCUT2D eigenvalue weighted by atomic mass is 16.5. The van der Waals surface area contributed by atoms with E-state index in [2.05, 4.69) is 11.4 Å². The van der Waals surface area contributed by atoms with Crippen molar-refractivity contribution in [2.45, 2.75) is 12.5 Å². The highest BCUT2D eigenvalue weighted by Crippen LogP contribution is 2.29. The van der Waals surface area contributed by atoms with Crippen molar-refractivity contribution in [2.75, 3.05) is 27.4 Å². The number of hydrogen-bond donors (Lipinski definition) is 1. The third kappa shape index (κ3) is 3.44. The minimum atomic E-state index is -0.765. The molecule has 1 aliphatic heterocycles. The molecule has 1 saturated heterocycles. The second-order valence-corrected chi connectivity index (χ2v) is 4.74. The van der Waals surface area contributed by atoms with Crippen molar-refractivity contribution < 1.29 is 19.0 Å². The fourth-order valence-corrected chi connectivity index (χ4v) is 2.24. The zero-order valence-corrected chi connectivity index (χ0v) is 12.1. The van der Waals surface area contributed by atoms with Gasteiger partial charge in [-0.3, -0.25) is 4.79 Å². The molecule has 6 nitrogen and oxygen atoms in total. The van der Waals surface area contributed by atoms with Crippen LogP contribution in [-0.4, -0.2) is 33.3 Å². The zero-order valence-electron chi connectivity index (χ0n) is 12.1. The van der Waals surface area contributed by atoms with Gasteiger partial charge in [-0.05, 0) is 18.6 Å². The molecule has 0 spiro atoms. The molecule has 1 aromatic carbocycles. The van der Waals surface area contributed by atoms with Gasteiger partial charge in [0.1, 0.15) is 17.5 Å². The van der Waals surface area contributed by atoms with Crippen LogP contribution in [0.25, 0.3) is 0 Å². The van der Waals surface area contributed by atoms with Gasteiger partial charge in [-0.2, -0.15) is 5.26 Å². The van der Waals surface area contributed by atoms with Crippen LogP contribution >= 0.6 is 0 Å². The minimum absolute atomic E-state index is 0.170. The Labute approximate surface area is 123 Å². The minimum Gasteiger partial charge on any atom is -0.497 e. The Bertz CT molecular complexity index is 547. The van der Waals surface area contributed by atoms with Crippen LogP contribution in [-0.2, 0) is 9.53 Å². The molecule has 21 heavy (non-hydrogen) atoms. The Morgan fingerprint density at radius 3 is 2.86 bits per heavy atom. The fraction of sp³-hybridized carbons (Fsp3) is 0.467. The van der Waals surface area contributed by atoms with Crippen molar-refractivity contribution in [1.82, 2.24) is 5.32 Å². The quantitative estimate of drug-likeness (QED) is 0.887. The molecule has 0 radical (unpaired) electrons. The van der Waals surface area contributed by atoms with Gasteiger partial charge in [0.25, 0.3) is 0 Å². The summed E-state index contributed by atoms with van der Waals surface area (Å²) in [6.45, 7) is 0.991. The number of benzene rings is 1. The van der Waals surface area contributed by atoms with E-state index in [0.29, 0.717) is 36.7 Å². The molecule has 0 bridgehead atoms. The van der Waals surface area contributed by atoms with E-state index in [4.69, 9.17) is 14.2 Å². The number of amides is 1. The lowest BCUT2D eigenvalue weighted by molar-refractivity contribution is -0.125. The van der Waals surface area contributed by atoms with Crippen LogP contribution < -0.4 is 14.8 Å². The van der Waals surface area contributed by atoms with Crippen LogP contribution in [0.4, 0.5) is 0 Å². The van der Waals surface area contributed by atoms with Gasteiger partial charge in [0, 0.05) is 18.2 Å². The summed E-state index contributed by atoms with van der Waals surface area (Å²) >= 11 is 0. The lowest BCUT2D eigenvalue weighted by Gasteiger charge is -2.17. The van der Waals surface area contributed by atoms with E-state index in [1.54, 1.807) is 25.3 Å². The number of nitrogens with one attached hydrogen (secondary N) is 1. The molecule has 0 aromatic heterocycles. The fourth-order valence-electron chi connectivity index (χ4n) is 2.24. The van der Waals surface area contributed by atoms with E-state index in [0.717, 1.165) is 0 Å². The number of nitriles is 1. The lowest BCUT2D eigenvalue weighted by Crippen LogP contribution is -2.33. The van der Waals surface area contributed by atoms with Gasteiger partial charge in [-0.25, -0.2) is 0 Å². The van der Waals surface area contributed by atoms with E-state index in [1.807, 2.05) is 0 Å². The second kappa shape index (κ2) is 6.95. The molecule has 1 heterocycles. The summed E-state index contributed by atoms with van der Waals surface area (Å²) in [6.07, 6.45) is 0.684. The predicted octanol–water partition coefficient (Wildman–Crippen LogP) is 1.42. The van der Waals surface area contributed by atoms with Gasteiger partial charge >= 0.3 is 0 Å². The molecule has 1 fully saturated rings. The SMILES string of the molecule is COc1ccc([C@H](C#N)NC(=O)[C@@H]2CCOC2)c(OC)c1. The van der Waals surface area contributed by atoms with E-state index in [1.165, 1.54) is 7.11 Å². The standard InChI is InChI=1S/C15H18N2O4/c1-19-11-3-4-12(14(7-11)20-2)13(8-16)17-15(18)10-5-6-21-9-10/h3-4,7,10,13H,5-6,9H2,1-2H3,(H,17,18)/t10-,13+/m1/s1. The summed E-state index contributed by atoms with van der Waals surface area (Å²) in [7, 11) is 3.07. The number of nitrogens with zero attached hydrogens (tertiary/aromatic N) is 1. The average Bonchev–Trinajstić information content (AvgIpc) is 3.06. The highest BCUT2D eigenvalue weighted by Gasteiger charge is 2.27. The van der Waals surface area contributed by atoms with E-state index >= 15 is 0 Å². The zero-order chi connectivity index (χ0) is 15.2. The maximum Gasteiger partial charge on any atom is 0.226 e. The Balaban J connectivity index is 2.17. The summed E-state index contributed by atoms with van der Waals surface area (Å²) in [6, 6.07) is 6.46. The molecule has 2 atom stereocenters. The van der Waals surface area contributed by atoms with Gasteiger partial charge in [0.15, 0.2) is 0 Å². The van der Waals surface area contributed by atoms with E-state index < -0.39 is 6.04 Å². The summed E-state index contributed by atoms with van der Waals surface area (Å²) in [5, 5.41) is 12.1. The largest absolute Gasteiger partial charge is 0.497 e. The Morgan fingerprint density at radius 2 is 2.29 bits per heavy atom. The normalized spacial score (nSPS) is 18.6.